The van der Waals surface area contributed by atoms with E-state index in [-0.39, 0.29) is 6.04 Å². The van der Waals surface area contributed by atoms with E-state index in [9.17, 15) is 8.42 Å². The van der Waals surface area contributed by atoms with Crippen molar-refractivity contribution in [2.75, 3.05) is 0 Å². The van der Waals surface area contributed by atoms with E-state index in [2.05, 4.69) is 11.3 Å². The molecule has 0 radical (unpaired) electrons. The van der Waals surface area contributed by atoms with Crippen molar-refractivity contribution in [2.45, 2.75) is 38.0 Å². The molecule has 0 aliphatic heterocycles. The summed E-state index contributed by atoms with van der Waals surface area (Å²) < 4.78 is 26.0. The highest BCUT2D eigenvalue weighted by Gasteiger charge is 2.30. The van der Waals surface area contributed by atoms with Crippen molar-refractivity contribution in [2.24, 2.45) is 0 Å². The van der Waals surface area contributed by atoms with Gasteiger partial charge in [0.15, 0.2) is 0 Å². The highest BCUT2D eigenvalue weighted by molar-refractivity contribution is 7.90. The molecule has 0 aliphatic rings. The fourth-order valence-electron chi connectivity index (χ4n) is 1.42. The lowest BCUT2D eigenvalue weighted by molar-refractivity contribution is 0.535. The van der Waals surface area contributed by atoms with Crippen LogP contribution in [0.1, 0.15) is 26.3 Å². The fraction of sp³-hybridized carbons (Fsp3) is 0.429. The summed E-state index contributed by atoms with van der Waals surface area (Å²) in [7, 11) is -3.35. The standard InChI is InChI=1S/C14H21NO2S/c1-5-13(11-12-9-7-6-8-10-12)15-18(16,17)14(2,3)4/h5-10,13,15H,1,11H2,2-4H3. The molecule has 4 heteroatoms. The molecule has 0 heterocycles. The Morgan fingerprint density at radius 3 is 2.28 bits per heavy atom. The average Bonchev–Trinajstić information content (AvgIpc) is 2.27. The second-order valence-corrected chi connectivity index (χ2v) is 7.73. The van der Waals surface area contributed by atoms with Gasteiger partial charge in [0, 0.05) is 6.04 Å². The molecule has 0 aliphatic carbocycles. The maximum Gasteiger partial charge on any atom is 0.217 e. The van der Waals surface area contributed by atoms with Gasteiger partial charge in [-0.1, -0.05) is 36.4 Å². The Balaban J connectivity index is 2.79. The normalized spacial score (nSPS) is 14.2. The number of benzene rings is 1. The quantitative estimate of drug-likeness (QED) is 0.833. The van der Waals surface area contributed by atoms with Gasteiger partial charge in [-0.15, -0.1) is 6.58 Å². The van der Waals surface area contributed by atoms with Crippen LogP contribution in [-0.4, -0.2) is 19.2 Å². The summed E-state index contributed by atoms with van der Waals surface area (Å²) in [6, 6.07) is 9.48. The van der Waals surface area contributed by atoms with Gasteiger partial charge in [-0.3, -0.25) is 0 Å². The second kappa shape index (κ2) is 5.67. The molecule has 1 N–H and O–H groups in total. The average molecular weight is 267 g/mol. The lowest BCUT2D eigenvalue weighted by atomic mass is 10.1. The Morgan fingerprint density at radius 1 is 1.28 bits per heavy atom. The molecular formula is C14H21NO2S. The molecule has 0 spiro atoms. The number of hydrogen-bond donors (Lipinski definition) is 1. The van der Waals surface area contributed by atoms with Crippen LogP contribution < -0.4 is 4.72 Å². The predicted molar refractivity (Wildman–Crippen MR) is 75.9 cm³/mol. The van der Waals surface area contributed by atoms with Gasteiger partial charge in [-0.25, -0.2) is 13.1 Å². The third kappa shape index (κ3) is 3.96. The van der Waals surface area contributed by atoms with Crippen LogP contribution >= 0.6 is 0 Å². The number of rotatable bonds is 5. The minimum Gasteiger partial charge on any atom is -0.212 e. The molecule has 3 nitrogen and oxygen atoms in total. The molecule has 1 rings (SSSR count). The van der Waals surface area contributed by atoms with Crippen molar-refractivity contribution < 1.29 is 8.42 Å². The first-order valence-corrected chi connectivity index (χ1v) is 7.43. The smallest absolute Gasteiger partial charge is 0.212 e. The van der Waals surface area contributed by atoms with Gasteiger partial charge in [0.1, 0.15) is 0 Å². The Hall–Kier alpha value is -1.13. The van der Waals surface area contributed by atoms with Crippen LogP contribution in [0.2, 0.25) is 0 Å². The predicted octanol–water partition coefficient (Wildman–Crippen LogP) is 2.50. The lowest BCUT2D eigenvalue weighted by Gasteiger charge is -2.23. The Kier molecular flexibility index (Phi) is 4.71. The lowest BCUT2D eigenvalue weighted by Crippen LogP contribution is -2.44. The monoisotopic (exact) mass is 267 g/mol. The Bertz CT molecular complexity index is 486. The van der Waals surface area contributed by atoms with Crippen molar-refractivity contribution >= 4 is 10.0 Å². The molecule has 0 saturated carbocycles. The zero-order chi connectivity index (χ0) is 13.8. The van der Waals surface area contributed by atoms with E-state index in [0.717, 1.165) is 5.56 Å². The van der Waals surface area contributed by atoms with Crippen molar-refractivity contribution in [1.29, 1.82) is 0 Å². The van der Waals surface area contributed by atoms with Gasteiger partial charge in [-0.2, -0.15) is 0 Å². The first kappa shape index (κ1) is 14.9. The third-order valence-corrected chi connectivity index (χ3v) is 4.92. The molecule has 0 fully saturated rings. The zero-order valence-corrected chi connectivity index (χ0v) is 12.0. The van der Waals surface area contributed by atoms with Crippen LogP contribution in [0.5, 0.6) is 0 Å². The van der Waals surface area contributed by atoms with Crippen LogP contribution in [0, 0.1) is 0 Å². The van der Waals surface area contributed by atoms with E-state index >= 15 is 0 Å². The number of nitrogens with one attached hydrogen (secondary N) is 1. The van der Waals surface area contributed by atoms with Gasteiger partial charge in [0.2, 0.25) is 10.0 Å². The van der Waals surface area contributed by atoms with E-state index in [1.807, 2.05) is 30.3 Å². The summed E-state index contributed by atoms with van der Waals surface area (Å²) in [6.07, 6.45) is 2.25. The van der Waals surface area contributed by atoms with E-state index in [0.29, 0.717) is 6.42 Å². The number of hydrogen-bond acceptors (Lipinski definition) is 2. The van der Waals surface area contributed by atoms with Crippen molar-refractivity contribution in [3.63, 3.8) is 0 Å². The van der Waals surface area contributed by atoms with E-state index in [1.54, 1.807) is 26.8 Å². The van der Waals surface area contributed by atoms with Gasteiger partial charge in [0.05, 0.1) is 4.75 Å². The topological polar surface area (TPSA) is 46.2 Å². The van der Waals surface area contributed by atoms with Crippen LogP contribution in [0.25, 0.3) is 0 Å². The van der Waals surface area contributed by atoms with Gasteiger partial charge < -0.3 is 0 Å². The fourth-order valence-corrected chi connectivity index (χ4v) is 2.35. The Morgan fingerprint density at radius 2 is 1.83 bits per heavy atom. The van der Waals surface area contributed by atoms with Gasteiger partial charge in [-0.05, 0) is 32.8 Å². The van der Waals surface area contributed by atoms with Crippen LogP contribution in [0.3, 0.4) is 0 Å². The maximum absolute atomic E-state index is 12.1. The van der Waals surface area contributed by atoms with Crippen molar-refractivity contribution in [1.82, 2.24) is 4.72 Å². The van der Waals surface area contributed by atoms with E-state index in [4.69, 9.17) is 0 Å². The molecular weight excluding hydrogens is 246 g/mol. The first-order valence-electron chi connectivity index (χ1n) is 5.94. The maximum atomic E-state index is 12.1. The summed E-state index contributed by atoms with van der Waals surface area (Å²) >= 11 is 0. The van der Waals surface area contributed by atoms with Crippen LogP contribution in [0.4, 0.5) is 0 Å². The van der Waals surface area contributed by atoms with Crippen LogP contribution in [-0.2, 0) is 16.4 Å². The summed E-state index contributed by atoms with van der Waals surface area (Å²) in [6.45, 7) is 8.73. The van der Waals surface area contributed by atoms with Gasteiger partial charge >= 0.3 is 0 Å². The summed E-state index contributed by atoms with van der Waals surface area (Å²) in [5.41, 5.74) is 1.08. The third-order valence-electron chi connectivity index (χ3n) is 2.70. The molecule has 0 saturated heterocycles. The molecule has 1 atom stereocenters. The minimum atomic E-state index is -3.35. The Labute approximate surface area is 110 Å². The summed E-state index contributed by atoms with van der Waals surface area (Å²) in [5.74, 6) is 0. The van der Waals surface area contributed by atoms with Crippen molar-refractivity contribution in [3.8, 4) is 0 Å². The van der Waals surface area contributed by atoms with Gasteiger partial charge in [0.25, 0.3) is 0 Å². The van der Waals surface area contributed by atoms with Crippen molar-refractivity contribution in [3.05, 3.63) is 48.6 Å². The molecule has 1 unspecified atom stereocenters. The van der Waals surface area contributed by atoms with E-state index in [1.165, 1.54) is 0 Å². The summed E-state index contributed by atoms with van der Waals surface area (Å²) in [4.78, 5) is 0. The minimum absolute atomic E-state index is 0.281. The molecule has 100 valence electrons. The largest absolute Gasteiger partial charge is 0.217 e. The zero-order valence-electron chi connectivity index (χ0n) is 11.2. The molecule has 1 aromatic rings. The molecule has 0 amide bonds. The number of sulfonamides is 1. The second-order valence-electron chi connectivity index (χ2n) is 5.27. The highest BCUT2D eigenvalue weighted by Crippen LogP contribution is 2.15. The molecule has 0 aromatic heterocycles. The molecule has 1 aromatic carbocycles. The summed E-state index contributed by atoms with van der Waals surface area (Å²) in [5, 5.41) is 0. The van der Waals surface area contributed by atoms with E-state index < -0.39 is 14.8 Å². The first-order chi connectivity index (χ1) is 8.26. The van der Waals surface area contributed by atoms with Crippen LogP contribution in [0.15, 0.2) is 43.0 Å². The molecule has 0 bridgehead atoms. The molecule has 18 heavy (non-hydrogen) atoms. The SMILES string of the molecule is C=CC(Cc1ccccc1)NS(=O)(=O)C(C)(C)C. The highest BCUT2D eigenvalue weighted by atomic mass is 32.2.